The van der Waals surface area contributed by atoms with Crippen LogP contribution in [0.15, 0.2) is 53.6 Å². The summed E-state index contributed by atoms with van der Waals surface area (Å²) in [6.45, 7) is 2.02. The molecule has 3 atom stereocenters. The highest BCUT2D eigenvalue weighted by Gasteiger charge is 2.34. The first-order chi connectivity index (χ1) is 17.4. The Kier molecular flexibility index (Phi) is 9.34. The van der Waals surface area contributed by atoms with E-state index in [0.717, 1.165) is 35.5 Å². The minimum absolute atomic E-state index is 0.0605. The average Bonchev–Trinajstić information content (AvgIpc) is 2.89. The lowest BCUT2D eigenvalue weighted by Gasteiger charge is -2.36. The predicted octanol–water partition coefficient (Wildman–Crippen LogP) is 7.16. The van der Waals surface area contributed by atoms with E-state index in [0.29, 0.717) is 39.8 Å². The molecule has 0 bridgehead atoms. The van der Waals surface area contributed by atoms with Gasteiger partial charge in [-0.1, -0.05) is 29.3 Å². The molecule has 5 nitrogen and oxygen atoms in total. The van der Waals surface area contributed by atoms with Crippen LogP contribution in [0.4, 0.5) is 4.39 Å². The third kappa shape index (κ3) is 6.43. The van der Waals surface area contributed by atoms with Crippen LogP contribution in [0.3, 0.4) is 0 Å². The van der Waals surface area contributed by atoms with E-state index in [-0.39, 0.29) is 12.3 Å². The molecule has 0 radical (unpaired) electrons. The number of piperidine rings is 1. The molecule has 1 saturated heterocycles. The number of hydrogen-bond acceptors (Lipinski definition) is 5. The first kappa shape index (κ1) is 27.0. The van der Waals surface area contributed by atoms with Gasteiger partial charge in [-0.05, 0) is 73.7 Å². The van der Waals surface area contributed by atoms with Crippen LogP contribution >= 0.6 is 35.0 Å². The summed E-state index contributed by atoms with van der Waals surface area (Å²) in [5.74, 6) is 0.0415. The fourth-order valence-corrected chi connectivity index (χ4v) is 6.34. The van der Waals surface area contributed by atoms with Gasteiger partial charge in [0.25, 0.3) is 0 Å². The van der Waals surface area contributed by atoms with Crippen molar-refractivity contribution in [1.29, 1.82) is 0 Å². The van der Waals surface area contributed by atoms with Crippen molar-refractivity contribution in [3.63, 3.8) is 0 Å². The Hall–Kier alpha value is -2.06. The lowest BCUT2D eigenvalue weighted by atomic mass is 9.81. The number of aliphatic carboxylic acids is 1. The SMILES string of the molecule is COc1ccc2nccc(C(F)CC[C@@H]3CCN(CCSc4cccc(Cl)c4Cl)C[C@@H]3C(=O)O)c2c1. The highest BCUT2D eigenvalue weighted by atomic mass is 35.5. The molecule has 2 heterocycles. The number of pyridine rings is 1. The topological polar surface area (TPSA) is 62.7 Å². The molecule has 1 fully saturated rings. The molecule has 0 amide bonds. The van der Waals surface area contributed by atoms with Crippen LogP contribution in [0.1, 0.15) is 31.0 Å². The molecule has 3 aromatic rings. The van der Waals surface area contributed by atoms with E-state index in [2.05, 4.69) is 9.88 Å². The maximum atomic E-state index is 15.4. The second kappa shape index (κ2) is 12.5. The zero-order valence-electron chi connectivity index (χ0n) is 20.0. The number of rotatable bonds is 10. The number of benzene rings is 2. The number of thioether (sulfide) groups is 1. The fraction of sp³-hybridized carbons (Fsp3) is 0.407. The zero-order valence-corrected chi connectivity index (χ0v) is 22.3. The van der Waals surface area contributed by atoms with Crippen molar-refractivity contribution < 1.29 is 19.0 Å². The quantitative estimate of drug-likeness (QED) is 0.270. The van der Waals surface area contributed by atoms with E-state index in [1.54, 1.807) is 49.3 Å². The Morgan fingerprint density at radius 2 is 2.14 bits per heavy atom. The van der Waals surface area contributed by atoms with Gasteiger partial charge >= 0.3 is 5.97 Å². The van der Waals surface area contributed by atoms with Crippen molar-refractivity contribution in [1.82, 2.24) is 9.88 Å². The molecular weight excluding hydrogens is 522 g/mol. The molecule has 1 aromatic heterocycles. The molecule has 9 heteroatoms. The van der Waals surface area contributed by atoms with Gasteiger partial charge in [0.2, 0.25) is 0 Å². The highest BCUT2D eigenvalue weighted by molar-refractivity contribution is 7.99. The van der Waals surface area contributed by atoms with Gasteiger partial charge in [0.1, 0.15) is 11.9 Å². The summed E-state index contributed by atoms with van der Waals surface area (Å²) in [7, 11) is 1.58. The molecule has 1 N–H and O–H groups in total. The molecule has 1 aliphatic rings. The van der Waals surface area contributed by atoms with E-state index >= 15 is 4.39 Å². The molecule has 1 aliphatic heterocycles. The van der Waals surface area contributed by atoms with Crippen LogP contribution in [0.2, 0.25) is 10.0 Å². The van der Waals surface area contributed by atoms with E-state index in [4.69, 9.17) is 27.9 Å². The number of nitrogens with zero attached hydrogens (tertiary/aromatic N) is 2. The molecule has 4 rings (SSSR count). The summed E-state index contributed by atoms with van der Waals surface area (Å²) in [4.78, 5) is 19.5. The van der Waals surface area contributed by atoms with E-state index in [1.807, 2.05) is 18.2 Å². The Balaban J connectivity index is 1.33. The number of fused-ring (bicyclic) bond motifs is 1. The van der Waals surface area contributed by atoms with E-state index in [1.165, 1.54) is 0 Å². The second-order valence-electron chi connectivity index (χ2n) is 9.02. The van der Waals surface area contributed by atoms with Gasteiger partial charge in [0.05, 0.1) is 28.6 Å². The smallest absolute Gasteiger partial charge is 0.308 e. The number of methoxy groups -OCH3 is 1. The van der Waals surface area contributed by atoms with Crippen molar-refractivity contribution in [2.75, 3.05) is 32.5 Å². The standard InChI is InChI=1S/C27H29Cl2FN2O3S/c1-35-18-6-8-24-20(15-18)19(9-11-31-24)23(30)7-5-17-10-12-32(16-21(17)27(33)34)13-14-36-25-4-2-3-22(28)26(25)29/h2-4,6,8-9,11,15,17,21,23H,5,7,10,12-14,16H2,1H3,(H,33,34)/t17-,21+,23?/m1/s1. The number of hydrogen-bond donors (Lipinski definition) is 1. The van der Waals surface area contributed by atoms with Crippen LogP contribution < -0.4 is 4.74 Å². The normalized spacial score (nSPS) is 19.3. The van der Waals surface area contributed by atoms with Crippen molar-refractivity contribution in [2.45, 2.75) is 30.3 Å². The Labute approximate surface area is 224 Å². The van der Waals surface area contributed by atoms with Gasteiger partial charge < -0.3 is 14.7 Å². The first-order valence-electron chi connectivity index (χ1n) is 12.0. The number of ether oxygens (including phenoxy) is 1. The maximum Gasteiger partial charge on any atom is 0.308 e. The average molecular weight is 552 g/mol. The Bertz CT molecular complexity index is 1210. The minimum Gasteiger partial charge on any atom is -0.497 e. The summed E-state index contributed by atoms with van der Waals surface area (Å²) in [5.41, 5.74) is 1.28. The lowest BCUT2D eigenvalue weighted by Crippen LogP contribution is -2.44. The summed E-state index contributed by atoms with van der Waals surface area (Å²) < 4.78 is 20.7. The summed E-state index contributed by atoms with van der Waals surface area (Å²) >= 11 is 14.0. The molecule has 36 heavy (non-hydrogen) atoms. The largest absolute Gasteiger partial charge is 0.497 e. The molecule has 0 saturated carbocycles. The summed E-state index contributed by atoms with van der Waals surface area (Å²) in [5, 5.41) is 11.7. The summed E-state index contributed by atoms with van der Waals surface area (Å²) in [6.07, 6.45) is 1.94. The highest BCUT2D eigenvalue weighted by Crippen LogP contribution is 2.36. The lowest BCUT2D eigenvalue weighted by molar-refractivity contribution is -0.146. The second-order valence-corrected chi connectivity index (χ2v) is 10.9. The van der Waals surface area contributed by atoms with Gasteiger partial charge in [-0.3, -0.25) is 9.78 Å². The van der Waals surface area contributed by atoms with Crippen molar-refractivity contribution in [3.8, 4) is 5.75 Å². The molecule has 192 valence electrons. The molecular formula is C27H29Cl2FN2O3S. The van der Waals surface area contributed by atoms with E-state index < -0.39 is 18.1 Å². The fourth-order valence-electron chi connectivity index (χ4n) is 4.84. The van der Waals surface area contributed by atoms with Gasteiger partial charge in [-0.15, -0.1) is 11.8 Å². The van der Waals surface area contributed by atoms with E-state index in [9.17, 15) is 9.90 Å². The predicted molar refractivity (Wildman–Crippen MR) is 144 cm³/mol. The molecule has 0 spiro atoms. The number of halogens is 3. The Morgan fingerprint density at radius 1 is 1.31 bits per heavy atom. The number of alkyl halides is 1. The van der Waals surface area contributed by atoms with Crippen molar-refractivity contribution >= 4 is 51.8 Å². The third-order valence-electron chi connectivity index (χ3n) is 6.85. The van der Waals surface area contributed by atoms with Gasteiger partial charge in [-0.25, -0.2) is 4.39 Å². The first-order valence-corrected chi connectivity index (χ1v) is 13.7. The molecule has 1 unspecified atom stereocenters. The van der Waals surface area contributed by atoms with Gasteiger partial charge in [-0.2, -0.15) is 0 Å². The number of carboxylic acids is 1. The monoisotopic (exact) mass is 550 g/mol. The van der Waals surface area contributed by atoms with Crippen LogP contribution in [-0.4, -0.2) is 53.5 Å². The van der Waals surface area contributed by atoms with Gasteiger partial charge in [0.15, 0.2) is 0 Å². The van der Waals surface area contributed by atoms with Crippen LogP contribution in [-0.2, 0) is 4.79 Å². The maximum absolute atomic E-state index is 15.4. The minimum atomic E-state index is -1.20. The number of aromatic nitrogens is 1. The summed E-state index contributed by atoms with van der Waals surface area (Å²) in [6, 6.07) is 12.7. The Morgan fingerprint density at radius 3 is 2.92 bits per heavy atom. The molecule has 0 aliphatic carbocycles. The zero-order chi connectivity index (χ0) is 25.7. The van der Waals surface area contributed by atoms with Crippen molar-refractivity contribution in [3.05, 3.63) is 64.3 Å². The third-order valence-corrected chi connectivity index (χ3v) is 8.82. The van der Waals surface area contributed by atoms with Crippen molar-refractivity contribution in [2.24, 2.45) is 11.8 Å². The van der Waals surface area contributed by atoms with Crippen LogP contribution in [0, 0.1) is 11.8 Å². The molecule has 2 aromatic carbocycles. The van der Waals surface area contributed by atoms with Gasteiger partial charge in [0, 0.05) is 35.3 Å². The number of carboxylic acid groups (broad SMARTS) is 1. The van der Waals surface area contributed by atoms with Crippen LogP contribution in [0.25, 0.3) is 10.9 Å². The van der Waals surface area contributed by atoms with Crippen LogP contribution in [0.5, 0.6) is 5.75 Å². The number of carbonyl (C=O) groups is 1. The number of likely N-dealkylation sites (tertiary alicyclic amines) is 1.